The van der Waals surface area contributed by atoms with Crippen LogP contribution in [0.15, 0.2) is 11.6 Å². The number of rotatable bonds is 5. The zero-order valence-electron chi connectivity index (χ0n) is 12.0. The molecule has 0 atom stereocenters. The standard InChI is InChI=1S/C13H19N5O2S/c1-2-5-16-6-3-10(4-7-16)14-11-12(18(19)20)17-8-9-21-13(17)15-11/h8-10,14H,2-7H2,1H3. The molecule has 1 N–H and O–H groups in total. The summed E-state index contributed by atoms with van der Waals surface area (Å²) in [6.07, 6.45) is 4.87. The predicted molar refractivity (Wildman–Crippen MR) is 83.1 cm³/mol. The fourth-order valence-corrected chi connectivity index (χ4v) is 3.56. The first kappa shape index (κ1) is 14.3. The molecular formula is C13H19N5O2S. The van der Waals surface area contributed by atoms with Gasteiger partial charge in [-0.15, -0.1) is 0 Å². The predicted octanol–water partition coefficient (Wildman–Crippen LogP) is 2.59. The molecule has 0 saturated carbocycles. The van der Waals surface area contributed by atoms with Crippen LogP contribution < -0.4 is 5.32 Å². The van der Waals surface area contributed by atoms with Crippen LogP contribution in [0.2, 0.25) is 0 Å². The van der Waals surface area contributed by atoms with Crippen molar-refractivity contribution in [2.75, 3.05) is 25.0 Å². The van der Waals surface area contributed by atoms with Crippen LogP contribution >= 0.6 is 11.3 Å². The lowest BCUT2D eigenvalue weighted by molar-refractivity contribution is -0.389. The number of likely N-dealkylation sites (tertiary alicyclic amines) is 1. The van der Waals surface area contributed by atoms with Crippen molar-refractivity contribution in [3.63, 3.8) is 0 Å². The Morgan fingerprint density at radius 1 is 1.52 bits per heavy atom. The van der Waals surface area contributed by atoms with E-state index in [0.717, 1.165) is 32.5 Å². The average Bonchev–Trinajstić information content (AvgIpc) is 3.01. The van der Waals surface area contributed by atoms with Crippen molar-refractivity contribution in [3.8, 4) is 0 Å². The summed E-state index contributed by atoms with van der Waals surface area (Å²) in [4.78, 5) is 18.4. The number of hydrogen-bond donors (Lipinski definition) is 1. The number of piperidine rings is 1. The summed E-state index contributed by atoms with van der Waals surface area (Å²) < 4.78 is 1.54. The van der Waals surface area contributed by atoms with E-state index in [1.165, 1.54) is 17.8 Å². The molecule has 0 aromatic carbocycles. The number of nitrogens with one attached hydrogen (secondary N) is 1. The van der Waals surface area contributed by atoms with Crippen LogP contribution in [0.3, 0.4) is 0 Å². The number of imidazole rings is 1. The van der Waals surface area contributed by atoms with Crippen molar-refractivity contribution in [3.05, 3.63) is 21.7 Å². The highest BCUT2D eigenvalue weighted by Gasteiger charge is 2.27. The molecule has 1 aliphatic rings. The third-order valence-electron chi connectivity index (χ3n) is 3.88. The van der Waals surface area contributed by atoms with Crippen LogP contribution in [-0.4, -0.2) is 44.9 Å². The molecule has 114 valence electrons. The van der Waals surface area contributed by atoms with Crippen LogP contribution in [0.25, 0.3) is 4.96 Å². The normalized spacial score (nSPS) is 17.4. The largest absolute Gasteiger partial charge is 0.372 e. The van der Waals surface area contributed by atoms with Gasteiger partial charge in [0.05, 0.1) is 0 Å². The molecule has 1 fully saturated rings. The first-order valence-electron chi connectivity index (χ1n) is 7.28. The van der Waals surface area contributed by atoms with Crippen LogP contribution in [0.5, 0.6) is 0 Å². The van der Waals surface area contributed by atoms with E-state index in [9.17, 15) is 10.1 Å². The van der Waals surface area contributed by atoms with Gasteiger partial charge in [-0.2, -0.15) is 9.38 Å². The zero-order chi connectivity index (χ0) is 14.8. The highest BCUT2D eigenvalue weighted by Crippen LogP contribution is 2.29. The Hall–Kier alpha value is -1.67. The third kappa shape index (κ3) is 2.86. The highest BCUT2D eigenvalue weighted by molar-refractivity contribution is 7.15. The van der Waals surface area contributed by atoms with Gasteiger partial charge in [0.1, 0.15) is 6.20 Å². The number of aromatic nitrogens is 2. The molecule has 0 aliphatic carbocycles. The van der Waals surface area contributed by atoms with Crippen LogP contribution in [0.4, 0.5) is 11.6 Å². The molecule has 21 heavy (non-hydrogen) atoms. The quantitative estimate of drug-likeness (QED) is 0.678. The number of fused-ring (bicyclic) bond motifs is 1. The second-order valence-electron chi connectivity index (χ2n) is 5.36. The van der Waals surface area contributed by atoms with Gasteiger partial charge in [-0.05, 0) is 30.7 Å². The van der Waals surface area contributed by atoms with Gasteiger partial charge in [-0.25, -0.2) is 0 Å². The van der Waals surface area contributed by atoms with Gasteiger partial charge in [0, 0.05) is 24.5 Å². The summed E-state index contributed by atoms with van der Waals surface area (Å²) in [6.45, 7) is 5.40. The summed E-state index contributed by atoms with van der Waals surface area (Å²) in [7, 11) is 0. The molecule has 0 radical (unpaired) electrons. The number of nitrogens with zero attached hydrogens (tertiary/aromatic N) is 4. The van der Waals surface area contributed by atoms with Gasteiger partial charge in [0.2, 0.25) is 5.82 Å². The Bertz CT molecular complexity index is 630. The van der Waals surface area contributed by atoms with Gasteiger partial charge < -0.3 is 20.3 Å². The first-order valence-corrected chi connectivity index (χ1v) is 8.16. The highest BCUT2D eigenvalue weighted by atomic mass is 32.1. The van der Waals surface area contributed by atoms with Crippen molar-refractivity contribution in [2.45, 2.75) is 32.2 Å². The Labute approximate surface area is 126 Å². The SMILES string of the molecule is CCCN1CCC(Nc2nc3sccn3c2[N+](=O)[O-])CC1. The molecule has 7 nitrogen and oxygen atoms in total. The first-order chi connectivity index (χ1) is 10.2. The molecule has 8 heteroatoms. The molecule has 1 aliphatic heterocycles. The van der Waals surface area contributed by atoms with E-state index >= 15 is 0 Å². The van der Waals surface area contributed by atoms with Crippen molar-refractivity contribution >= 4 is 27.9 Å². The summed E-state index contributed by atoms with van der Waals surface area (Å²) in [5, 5.41) is 16.4. The smallest absolute Gasteiger partial charge is 0.360 e. The molecule has 0 amide bonds. The maximum Gasteiger partial charge on any atom is 0.372 e. The molecule has 3 heterocycles. The minimum absolute atomic E-state index is 0.0437. The van der Waals surface area contributed by atoms with E-state index in [0.29, 0.717) is 10.8 Å². The molecule has 2 aromatic heterocycles. The molecule has 1 saturated heterocycles. The maximum absolute atomic E-state index is 11.3. The molecule has 0 spiro atoms. The van der Waals surface area contributed by atoms with E-state index in [4.69, 9.17) is 0 Å². The monoisotopic (exact) mass is 309 g/mol. The maximum atomic E-state index is 11.3. The molecular weight excluding hydrogens is 290 g/mol. The van der Waals surface area contributed by atoms with E-state index < -0.39 is 0 Å². The minimum Gasteiger partial charge on any atom is -0.360 e. The topological polar surface area (TPSA) is 75.7 Å². The van der Waals surface area contributed by atoms with Crippen LogP contribution in [0.1, 0.15) is 26.2 Å². The lowest BCUT2D eigenvalue weighted by Crippen LogP contribution is -2.39. The summed E-state index contributed by atoms with van der Waals surface area (Å²) in [5.74, 6) is 0.447. The molecule has 3 rings (SSSR count). The van der Waals surface area contributed by atoms with Crippen molar-refractivity contribution < 1.29 is 4.92 Å². The van der Waals surface area contributed by atoms with Gasteiger partial charge in [-0.1, -0.05) is 18.3 Å². The van der Waals surface area contributed by atoms with E-state index in [1.807, 2.05) is 5.38 Å². The van der Waals surface area contributed by atoms with Crippen LogP contribution in [-0.2, 0) is 0 Å². The lowest BCUT2D eigenvalue weighted by atomic mass is 10.0. The fraction of sp³-hybridized carbons (Fsp3) is 0.615. The molecule has 2 aromatic rings. The lowest BCUT2D eigenvalue weighted by Gasteiger charge is -2.31. The molecule has 0 bridgehead atoms. The minimum atomic E-state index is -0.360. The van der Waals surface area contributed by atoms with Gasteiger partial charge in [-0.3, -0.25) is 0 Å². The Balaban J connectivity index is 1.72. The number of thiazole rings is 1. The summed E-state index contributed by atoms with van der Waals surface area (Å²) in [5.41, 5.74) is 0. The van der Waals surface area contributed by atoms with Crippen molar-refractivity contribution in [1.29, 1.82) is 0 Å². The number of hydrogen-bond acceptors (Lipinski definition) is 6. The summed E-state index contributed by atoms with van der Waals surface area (Å²) in [6, 6.07) is 0.265. The second-order valence-corrected chi connectivity index (χ2v) is 6.23. The van der Waals surface area contributed by atoms with Gasteiger partial charge in [0.25, 0.3) is 4.96 Å². The third-order valence-corrected chi connectivity index (χ3v) is 4.63. The number of anilines is 1. The van der Waals surface area contributed by atoms with E-state index in [-0.39, 0.29) is 16.8 Å². The van der Waals surface area contributed by atoms with Gasteiger partial charge >= 0.3 is 5.82 Å². The Morgan fingerprint density at radius 2 is 2.29 bits per heavy atom. The van der Waals surface area contributed by atoms with E-state index in [1.54, 1.807) is 10.6 Å². The average molecular weight is 309 g/mol. The van der Waals surface area contributed by atoms with Crippen LogP contribution in [0, 0.1) is 10.1 Å². The molecule has 0 unspecified atom stereocenters. The van der Waals surface area contributed by atoms with Crippen molar-refractivity contribution in [1.82, 2.24) is 14.3 Å². The Kier molecular flexibility index (Phi) is 4.07. The summed E-state index contributed by atoms with van der Waals surface area (Å²) >= 11 is 1.41. The second kappa shape index (κ2) is 5.98. The van der Waals surface area contributed by atoms with Crippen molar-refractivity contribution in [2.24, 2.45) is 0 Å². The Morgan fingerprint density at radius 3 is 2.95 bits per heavy atom. The van der Waals surface area contributed by atoms with E-state index in [2.05, 4.69) is 22.1 Å². The number of nitro groups is 1. The fourth-order valence-electron chi connectivity index (χ4n) is 2.86. The van der Waals surface area contributed by atoms with Gasteiger partial charge in [0.15, 0.2) is 0 Å². The zero-order valence-corrected chi connectivity index (χ0v) is 12.8.